The van der Waals surface area contributed by atoms with E-state index in [9.17, 15) is 9.90 Å². The molecule has 2 atom stereocenters. The van der Waals surface area contributed by atoms with Crippen molar-refractivity contribution in [3.8, 4) is 0 Å². The van der Waals surface area contributed by atoms with Crippen LogP contribution in [0.1, 0.15) is 45.1 Å². The fraction of sp³-hybridized carbons (Fsp3) is 0.533. The van der Waals surface area contributed by atoms with Crippen LogP contribution in [0, 0.1) is 5.41 Å². The van der Waals surface area contributed by atoms with Gasteiger partial charge in [0.1, 0.15) is 0 Å². The van der Waals surface area contributed by atoms with Gasteiger partial charge < -0.3 is 9.84 Å². The van der Waals surface area contributed by atoms with Gasteiger partial charge in [0.15, 0.2) is 0 Å². The van der Waals surface area contributed by atoms with Crippen LogP contribution >= 0.6 is 0 Å². The summed E-state index contributed by atoms with van der Waals surface area (Å²) in [5.74, 6) is -1.54. The van der Waals surface area contributed by atoms with Crippen molar-refractivity contribution in [3.05, 3.63) is 35.9 Å². The molecule has 1 fully saturated rings. The Kier molecular flexibility index (Phi) is 3.20. The SMILES string of the molecule is CC(CC1(O)OC(=O)CC1(C)C)c1ccccc1. The van der Waals surface area contributed by atoms with Crippen LogP contribution in [0.4, 0.5) is 0 Å². The quantitative estimate of drug-likeness (QED) is 0.837. The van der Waals surface area contributed by atoms with Crippen molar-refractivity contribution in [1.82, 2.24) is 0 Å². The number of rotatable bonds is 3. The van der Waals surface area contributed by atoms with Gasteiger partial charge >= 0.3 is 5.97 Å². The van der Waals surface area contributed by atoms with Gasteiger partial charge in [-0.05, 0) is 11.5 Å². The average molecular weight is 248 g/mol. The molecule has 1 aliphatic heterocycles. The van der Waals surface area contributed by atoms with E-state index in [1.165, 1.54) is 0 Å². The molecule has 0 radical (unpaired) electrons. The molecule has 1 heterocycles. The maximum atomic E-state index is 11.4. The van der Waals surface area contributed by atoms with E-state index < -0.39 is 11.2 Å². The predicted molar refractivity (Wildman–Crippen MR) is 68.9 cm³/mol. The van der Waals surface area contributed by atoms with Crippen molar-refractivity contribution < 1.29 is 14.6 Å². The molecule has 0 spiro atoms. The summed E-state index contributed by atoms with van der Waals surface area (Å²) in [6.07, 6.45) is 0.695. The molecule has 2 unspecified atom stereocenters. The van der Waals surface area contributed by atoms with Crippen molar-refractivity contribution in [2.75, 3.05) is 0 Å². The van der Waals surface area contributed by atoms with E-state index in [2.05, 4.69) is 0 Å². The van der Waals surface area contributed by atoms with E-state index >= 15 is 0 Å². The number of carbonyl (C=O) groups is 1. The zero-order chi connectivity index (χ0) is 13.4. The number of hydrogen-bond acceptors (Lipinski definition) is 3. The lowest BCUT2D eigenvalue weighted by Gasteiger charge is -2.35. The Morgan fingerprint density at radius 2 is 1.94 bits per heavy atom. The number of aliphatic hydroxyl groups is 1. The second kappa shape index (κ2) is 4.39. The normalized spacial score (nSPS) is 27.9. The summed E-state index contributed by atoms with van der Waals surface area (Å²) in [6, 6.07) is 9.96. The summed E-state index contributed by atoms with van der Waals surface area (Å²) in [4.78, 5) is 11.4. The van der Waals surface area contributed by atoms with Crippen LogP contribution in [-0.2, 0) is 9.53 Å². The highest BCUT2D eigenvalue weighted by Crippen LogP contribution is 2.46. The minimum Gasteiger partial charge on any atom is -0.433 e. The zero-order valence-corrected chi connectivity index (χ0v) is 11.1. The molecule has 0 aliphatic carbocycles. The van der Waals surface area contributed by atoms with Crippen LogP contribution in [0.3, 0.4) is 0 Å². The lowest BCUT2D eigenvalue weighted by atomic mass is 9.77. The van der Waals surface area contributed by atoms with Crippen LogP contribution < -0.4 is 0 Å². The smallest absolute Gasteiger partial charge is 0.309 e. The number of ether oxygens (including phenoxy) is 1. The number of benzene rings is 1. The van der Waals surface area contributed by atoms with Crippen molar-refractivity contribution in [1.29, 1.82) is 0 Å². The molecule has 3 nitrogen and oxygen atoms in total. The first-order chi connectivity index (χ1) is 8.34. The van der Waals surface area contributed by atoms with Gasteiger partial charge in [-0.25, -0.2) is 0 Å². The van der Waals surface area contributed by atoms with Gasteiger partial charge in [-0.15, -0.1) is 0 Å². The van der Waals surface area contributed by atoms with Crippen LogP contribution in [0.5, 0.6) is 0 Å². The molecule has 18 heavy (non-hydrogen) atoms. The van der Waals surface area contributed by atoms with Gasteiger partial charge in [-0.2, -0.15) is 0 Å². The molecule has 98 valence electrons. The molecular formula is C15H20O3. The topological polar surface area (TPSA) is 46.5 Å². The van der Waals surface area contributed by atoms with Crippen LogP contribution in [0.15, 0.2) is 30.3 Å². The van der Waals surface area contributed by atoms with Gasteiger partial charge in [-0.3, -0.25) is 4.79 Å². The highest BCUT2D eigenvalue weighted by Gasteiger charge is 2.54. The molecular weight excluding hydrogens is 228 g/mol. The molecule has 1 aromatic carbocycles. The molecule has 0 bridgehead atoms. The van der Waals surface area contributed by atoms with E-state index in [-0.39, 0.29) is 18.3 Å². The van der Waals surface area contributed by atoms with Crippen molar-refractivity contribution in [3.63, 3.8) is 0 Å². The largest absolute Gasteiger partial charge is 0.433 e. The van der Waals surface area contributed by atoms with Gasteiger partial charge in [-0.1, -0.05) is 51.1 Å². The number of esters is 1. The standard InChI is InChI=1S/C15H20O3/c1-11(12-7-5-4-6-8-12)9-15(17)14(2,3)10-13(16)18-15/h4-8,11,17H,9-10H2,1-3H3. The molecule has 1 aliphatic rings. The lowest BCUT2D eigenvalue weighted by molar-refractivity contribution is -0.223. The van der Waals surface area contributed by atoms with E-state index in [0.717, 1.165) is 5.56 Å². The molecule has 0 amide bonds. The third-order valence-corrected chi connectivity index (χ3v) is 3.88. The Bertz CT molecular complexity index is 438. The van der Waals surface area contributed by atoms with Gasteiger partial charge in [0.25, 0.3) is 0 Å². The summed E-state index contributed by atoms with van der Waals surface area (Å²) in [6.45, 7) is 5.78. The molecule has 2 rings (SSSR count). The summed E-state index contributed by atoms with van der Waals surface area (Å²) < 4.78 is 5.17. The fourth-order valence-corrected chi connectivity index (χ4v) is 2.49. The highest BCUT2D eigenvalue weighted by molar-refractivity contribution is 5.73. The van der Waals surface area contributed by atoms with Gasteiger partial charge in [0.2, 0.25) is 5.79 Å². The Hall–Kier alpha value is -1.35. The minimum atomic E-state index is -1.36. The Balaban J connectivity index is 2.16. The minimum absolute atomic E-state index is 0.140. The van der Waals surface area contributed by atoms with E-state index in [4.69, 9.17) is 4.74 Å². The summed E-state index contributed by atoms with van der Waals surface area (Å²) in [7, 11) is 0. The molecule has 1 N–H and O–H groups in total. The van der Waals surface area contributed by atoms with E-state index in [0.29, 0.717) is 6.42 Å². The maximum Gasteiger partial charge on any atom is 0.309 e. The maximum absolute atomic E-state index is 11.4. The van der Waals surface area contributed by atoms with Crippen molar-refractivity contribution in [2.45, 2.75) is 45.3 Å². The number of hydrogen-bond donors (Lipinski definition) is 1. The van der Waals surface area contributed by atoms with E-state index in [1.54, 1.807) is 0 Å². The summed E-state index contributed by atoms with van der Waals surface area (Å²) >= 11 is 0. The first kappa shape index (κ1) is 13.1. The fourth-order valence-electron chi connectivity index (χ4n) is 2.49. The first-order valence-electron chi connectivity index (χ1n) is 6.33. The van der Waals surface area contributed by atoms with Gasteiger partial charge in [0.05, 0.1) is 6.42 Å². The highest BCUT2D eigenvalue weighted by atomic mass is 16.7. The predicted octanol–water partition coefficient (Wildman–Crippen LogP) is 2.84. The average Bonchev–Trinajstić information content (AvgIpc) is 2.48. The van der Waals surface area contributed by atoms with Crippen LogP contribution in [-0.4, -0.2) is 16.9 Å². The Morgan fingerprint density at radius 1 is 1.33 bits per heavy atom. The molecule has 1 aromatic rings. The molecule has 1 saturated heterocycles. The third kappa shape index (κ3) is 2.27. The van der Waals surface area contributed by atoms with Crippen LogP contribution in [0.2, 0.25) is 0 Å². The van der Waals surface area contributed by atoms with Crippen LogP contribution in [0.25, 0.3) is 0 Å². The Morgan fingerprint density at radius 3 is 2.44 bits per heavy atom. The summed E-state index contributed by atoms with van der Waals surface area (Å²) in [5, 5.41) is 10.6. The number of carbonyl (C=O) groups excluding carboxylic acids is 1. The third-order valence-electron chi connectivity index (χ3n) is 3.88. The van der Waals surface area contributed by atoms with E-state index in [1.807, 2.05) is 51.1 Å². The molecule has 0 saturated carbocycles. The summed E-state index contributed by atoms with van der Waals surface area (Å²) in [5.41, 5.74) is 0.609. The van der Waals surface area contributed by atoms with Gasteiger partial charge in [0, 0.05) is 11.8 Å². The van der Waals surface area contributed by atoms with Crippen molar-refractivity contribution in [2.24, 2.45) is 5.41 Å². The zero-order valence-electron chi connectivity index (χ0n) is 11.1. The number of cyclic esters (lactones) is 1. The lowest BCUT2D eigenvalue weighted by Crippen LogP contribution is -2.42. The Labute approximate surface area is 108 Å². The first-order valence-corrected chi connectivity index (χ1v) is 6.33. The molecule has 3 heteroatoms. The second-order valence-electron chi connectivity index (χ2n) is 5.83. The molecule has 0 aromatic heterocycles. The second-order valence-corrected chi connectivity index (χ2v) is 5.83. The van der Waals surface area contributed by atoms with Crippen molar-refractivity contribution >= 4 is 5.97 Å². The monoisotopic (exact) mass is 248 g/mol.